The molecule has 0 amide bonds. The number of aryl methyl sites for hydroxylation is 2. The summed E-state index contributed by atoms with van der Waals surface area (Å²) in [5.41, 5.74) is 5.02. The molecule has 0 radical (unpaired) electrons. The van der Waals surface area contributed by atoms with Gasteiger partial charge in [-0.1, -0.05) is 51.9 Å². The van der Waals surface area contributed by atoms with Crippen LogP contribution in [0.1, 0.15) is 76.7 Å². The van der Waals surface area contributed by atoms with Crippen molar-refractivity contribution < 1.29 is 17.9 Å². The molecule has 0 fully saturated rings. The number of hydrogen-bond acceptors (Lipinski definition) is 4. The Kier molecular flexibility index (Phi) is 12.2. The molecule has 0 bridgehead atoms. The lowest BCUT2D eigenvalue weighted by molar-refractivity contribution is 0.415. The quantitative estimate of drug-likeness (QED) is 0.150. The fourth-order valence-electron chi connectivity index (χ4n) is 5.38. The summed E-state index contributed by atoms with van der Waals surface area (Å²) in [6.45, 7) is 5.75. The number of rotatable bonds is 18. The van der Waals surface area contributed by atoms with Gasteiger partial charge in [0.25, 0.3) is 0 Å². The zero-order chi connectivity index (χ0) is 28.3. The van der Waals surface area contributed by atoms with Gasteiger partial charge >= 0.3 is 0 Å². The molecule has 0 saturated heterocycles. The third-order valence-electron chi connectivity index (χ3n) is 7.68. The van der Waals surface area contributed by atoms with Gasteiger partial charge in [-0.3, -0.25) is 0 Å². The number of unbranched alkanes of at least 4 members (excludes halogenated alkanes) is 8. The van der Waals surface area contributed by atoms with Crippen molar-refractivity contribution >= 4 is 20.9 Å². The van der Waals surface area contributed by atoms with Gasteiger partial charge in [-0.25, -0.2) is 12.7 Å². The SMILES string of the molecule is CCCS(=O)(=O)N(C)CCCCCCCCCCCn1c(-c2ccc(OC)cc2)c(C)c2cc(OC)ccc21. The van der Waals surface area contributed by atoms with E-state index >= 15 is 0 Å². The van der Waals surface area contributed by atoms with Crippen LogP contribution in [0.15, 0.2) is 42.5 Å². The van der Waals surface area contributed by atoms with Gasteiger partial charge in [0.05, 0.1) is 25.7 Å². The van der Waals surface area contributed by atoms with Crippen LogP contribution in [0.5, 0.6) is 11.5 Å². The number of methoxy groups -OCH3 is 2. The number of fused-ring (bicyclic) bond motifs is 1. The van der Waals surface area contributed by atoms with Gasteiger partial charge in [0, 0.05) is 31.0 Å². The van der Waals surface area contributed by atoms with Gasteiger partial charge in [0.15, 0.2) is 0 Å². The van der Waals surface area contributed by atoms with E-state index in [1.807, 2.05) is 19.1 Å². The Balaban J connectivity index is 1.46. The average Bonchev–Trinajstić information content (AvgIpc) is 3.21. The van der Waals surface area contributed by atoms with E-state index in [2.05, 4.69) is 41.8 Å². The maximum absolute atomic E-state index is 12.0. The lowest BCUT2D eigenvalue weighted by Crippen LogP contribution is -2.29. The Labute approximate surface area is 236 Å². The summed E-state index contributed by atoms with van der Waals surface area (Å²) in [5.74, 6) is 2.01. The molecule has 216 valence electrons. The molecule has 7 heteroatoms. The summed E-state index contributed by atoms with van der Waals surface area (Å²) in [6.07, 6.45) is 11.3. The minimum Gasteiger partial charge on any atom is -0.497 e. The Bertz CT molecular complexity index is 1270. The summed E-state index contributed by atoms with van der Waals surface area (Å²) in [5, 5.41) is 1.24. The largest absolute Gasteiger partial charge is 0.497 e. The van der Waals surface area contributed by atoms with Crippen LogP contribution >= 0.6 is 0 Å². The van der Waals surface area contributed by atoms with Crippen LogP contribution in [0.2, 0.25) is 0 Å². The molecule has 6 nitrogen and oxygen atoms in total. The van der Waals surface area contributed by atoms with Crippen LogP contribution in [0.4, 0.5) is 0 Å². The minimum absolute atomic E-state index is 0.251. The molecular weight excluding hydrogens is 508 g/mol. The van der Waals surface area contributed by atoms with Gasteiger partial charge in [-0.2, -0.15) is 0 Å². The molecule has 0 aliphatic carbocycles. The molecule has 0 aliphatic heterocycles. The number of nitrogens with zero attached hydrogens (tertiary/aromatic N) is 2. The van der Waals surface area contributed by atoms with Gasteiger partial charge in [-0.15, -0.1) is 0 Å². The van der Waals surface area contributed by atoms with Crippen molar-refractivity contribution in [1.29, 1.82) is 0 Å². The highest BCUT2D eigenvalue weighted by molar-refractivity contribution is 7.89. The van der Waals surface area contributed by atoms with Crippen LogP contribution in [0.3, 0.4) is 0 Å². The predicted molar refractivity (Wildman–Crippen MR) is 163 cm³/mol. The van der Waals surface area contributed by atoms with Gasteiger partial charge in [0.2, 0.25) is 10.0 Å². The second kappa shape index (κ2) is 15.3. The first-order valence-electron chi connectivity index (χ1n) is 14.6. The highest BCUT2D eigenvalue weighted by Crippen LogP contribution is 2.36. The van der Waals surface area contributed by atoms with E-state index in [1.165, 1.54) is 70.6 Å². The number of ether oxygens (including phenoxy) is 2. The first-order valence-corrected chi connectivity index (χ1v) is 16.2. The average molecular weight is 557 g/mol. The number of sulfonamides is 1. The molecule has 0 aliphatic rings. The summed E-state index contributed by atoms with van der Waals surface area (Å²) in [4.78, 5) is 0. The Morgan fingerprint density at radius 3 is 1.95 bits per heavy atom. The van der Waals surface area contributed by atoms with Crippen molar-refractivity contribution in [3.8, 4) is 22.8 Å². The van der Waals surface area contributed by atoms with E-state index < -0.39 is 10.0 Å². The number of aromatic nitrogens is 1. The topological polar surface area (TPSA) is 60.8 Å². The van der Waals surface area contributed by atoms with Crippen molar-refractivity contribution in [2.24, 2.45) is 0 Å². The summed E-state index contributed by atoms with van der Waals surface area (Å²) < 4.78 is 39.0. The zero-order valence-corrected chi connectivity index (χ0v) is 25.5. The summed E-state index contributed by atoms with van der Waals surface area (Å²) >= 11 is 0. The van der Waals surface area contributed by atoms with E-state index in [4.69, 9.17) is 9.47 Å². The van der Waals surface area contributed by atoms with Crippen molar-refractivity contribution in [3.63, 3.8) is 0 Å². The maximum Gasteiger partial charge on any atom is 0.213 e. The normalized spacial score (nSPS) is 11.9. The minimum atomic E-state index is -3.06. The first kappa shape index (κ1) is 31.0. The fraction of sp³-hybridized carbons (Fsp3) is 0.562. The van der Waals surface area contributed by atoms with E-state index in [0.717, 1.165) is 37.3 Å². The zero-order valence-electron chi connectivity index (χ0n) is 24.7. The first-order chi connectivity index (χ1) is 18.8. The van der Waals surface area contributed by atoms with Crippen LogP contribution in [0, 0.1) is 6.92 Å². The van der Waals surface area contributed by atoms with Crippen LogP contribution in [-0.2, 0) is 16.6 Å². The summed E-state index contributed by atoms with van der Waals surface area (Å²) in [6, 6.07) is 14.7. The van der Waals surface area contributed by atoms with Crippen LogP contribution in [0.25, 0.3) is 22.2 Å². The van der Waals surface area contributed by atoms with Crippen molar-refractivity contribution in [2.45, 2.75) is 84.6 Å². The van der Waals surface area contributed by atoms with Gasteiger partial charge in [-0.05, 0) is 79.8 Å². The van der Waals surface area contributed by atoms with E-state index in [1.54, 1.807) is 21.3 Å². The van der Waals surface area contributed by atoms with Crippen LogP contribution in [-0.4, -0.2) is 50.9 Å². The maximum atomic E-state index is 12.0. The van der Waals surface area contributed by atoms with Crippen molar-refractivity contribution in [3.05, 3.63) is 48.0 Å². The second-order valence-corrected chi connectivity index (χ2v) is 12.8. The van der Waals surface area contributed by atoms with Crippen molar-refractivity contribution in [1.82, 2.24) is 8.87 Å². The molecule has 3 rings (SSSR count). The van der Waals surface area contributed by atoms with E-state index in [-0.39, 0.29) is 5.75 Å². The molecule has 1 heterocycles. The highest BCUT2D eigenvalue weighted by Gasteiger charge is 2.17. The predicted octanol–water partition coefficient (Wildman–Crippen LogP) is 7.82. The van der Waals surface area contributed by atoms with E-state index in [0.29, 0.717) is 13.0 Å². The molecule has 3 aromatic rings. The Morgan fingerprint density at radius 1 is 0.795 bits per heavy atom. The molecule has 2 aromatic carbocycles. The molecule has 0 N–H and O–H groups in total. The standard InChI is InChI=1S/C32H48N2O4S/c1-6-24-39(35,36)33(3)22-14-12-10-8-7-9-11-13-15-23-34-31-21-20-29(38-5)25-30(31)26(2)32(34)27-16-18-28(37-4)19-17-27/h16-21,25H,6-15,22-24H2,1-5H3. The molecular formula is C32H48N2O4S. The highest BCUT2D eigenvalue weighted by atomic mass is 32.2. The molecule has 0 unspecified atom stereocenters. The van der Waals surface area contributed by atoms with Gasteiger partial charge in [0.1, 0.15) is 11.5 Å². The van der Waals surface area contributed by atoms with Crippen molar-refractivity contribution in [2.75, 3.05) is 33.6 Å². The molecule has 39 heavy (non-hydrogen) atoms. The Hall–Kier alpha value is -2.51. The monoisotopic (exact) mass is 556 g/mol. The van der Waals surface area contributed by atoms with E-state index in [9.17, 15) is 8.42 Å². The molecule has 0 saturated carbocycles. The molecule has 0 atom stereocenters. The summed E-state index contributed by atoms with van der Waals surface area (Å²) in [7, 11) is 2.07. The molecule has 0 spiro atoms. The lowest BCUT2D eigenvalue weighted by Gasteiger charge is -2.16. The smallest absolute Gasteiger partial charge is 0.213 e. The third kappa shape index (κ3) is 8.49. The van der Waals surface area contributed by atoms with Gasteiger partial charge < -0.3 is 14.0 Å². The lowest BCUT2D eigenvalue weighted by atomic mass is 10.1. The number of hydrogen-bond donors (Lipinski definition) is 0. The van der Waals surface area contributed by atoms with Crippen LogP contribution < -0.4 is 9.47 Å². The number of benzene rings is 2. The second-order valence-electron chi connectivity index (χ2n) is 10.6. The third-order valence-corrected chi connectivity index (χ3v) is 9.74. The Morgan fingerprint density at radius 2 is 1.36 bits per heavy atom. The molecule has 1 aromatic heterocycles. The fourth-order valence-corrected chi connectivity index (χ4v) is 6.61.